The fraction of sp³-hybridized carbons (Fsp3) is 0.364. The average molecular weight is 655 g/mol. The van der Waals surface area contributed by atoms with Gasteiger partial charge in [0.1, 0.15) is 30.5 Å². The van der Waals surface area contributed by atoms with Gasteiger partial charge in [-0.15, -0.1) is 0 Å². The monoisotopic (exact) mass is 654 g/mol. The Balaban J connectivity index is 1.49. The van der Waals surface area contributed by atoms with Crippen LogP contribution in [0.1, 0.15) is 31.1 Å². The predicted molar refractivity (Wildman–Crippen MR) is 158 cm³/mol. The average Bonchev–Trinajstić information content (AvgIpc) is 3.10. The molecule has 14 heteroatoms. The molecule has 0 aliphatic carbocycles. The third-order valence-corrected chi connectivity index (χ3v) is 7.66. The van der Waals surface area contributed by atoms with Gasteiger partial charge in [0.15, 0.2) is 30.9 Å². The largest absolute Gasteiger partial charge is 0.452 e. The first-order chi connectivity index (χ1) is 22.7. The minimum atomic E-state index is -1.92. The maximum Gasteiger partial charge on any atom is 0.338 e. The minimum absolute atomic E-state index is 0.0784. The van der Waals surface area contributed by atoms with Crippen molar-refractivity contribution in [2.24, 2.45) is 0 Å². The molecule has 250 valence electrons. The Morgan fingerprint density at radius 2 is 0.915 bits per heavy atom. The molecule has 0 amide bonds. The number of aliphatic hydroxyl groups excluding tert-OH is 5. The molecule has 0 spiro atoms. The molecule has 2 heterocycles. The van der Waals surface area contributed by atoms with Crippen molar-refractivity contribution in [3.63, 3.8) is 0 Å². The highest BCUT2D eigenvalue weighted by Crippen LogP contribution is 2.33. The van der Waals surface area contributed by atoms with Crippen LogP contribution in [0.3, 0.4) is 0 Å². The van der Waals surface area contributed by atoms with E-state index >= 15 is 0 Å². The van der Waals surface area contributed by atoms with Crippen LogP contribution in [0.15, 0.2) is 91.0 Å². The Hall–Kier alpha value is -4.25. The van der Waals surface area contributed by atoms with Gasteiger partial charge in [0.2, 0.25) is 0 Å². The van der Waals surface area contributed by atoms with Gasteiger partial charge in [0.25, 0.3) is 0 Å². The third-order valence-electron chi connectivity index (χ3n) is 7.66. The Labute approximate surface area is 268 Å². The highest BCUT2D eigenvalue weighted by atomic mass is 16.7. The number of rotatable bonds is 10. The first kappa shape index (κ1) is 34.1. The molecule has 14 nitrogen and oxygen atoms in total. The van der Waals surface area contributed by atoms with Crippen LogP contribution >= 0.6 is 0 Å². The molecule has 3 aromatic rings. The van der Waals surface area contributed by atoms with Gasteiger partial charge in [-0.2, -0.15) is 0 Å². The van der Waals surface area contributed by atoms with Gasteiger partial charge < -0.3 is 54.0 Å². The zero-order valence-corrected chi connectivity index (χ0v) is 24.8. The van der Waals surface area contributed by atoms with Crippen molar-refractivity contribution in [3.05, 3.63) is 108 Å². The van der Waals surface area contributed by atoms with E-state index in [4.69, 9.17) is 28.4 Å². The number of aliphatic hydroxyl groups is 5. The first-order valence-corrected chi connectivity index (χ1v) is 14.7. The van der Waals surface area contributed by atoms with Crippen LogP contribution in [0.25, 0.3) is 0 Å². The standard InChI is InChI=1S/C33H34O14/c34-16-21-23(36)25(27(32(41)42-21)45-30(39)19-12-6-2-7-13-19)47-33-28(46-31(40)20-14-8-3-9-15-20)26(24(37)22(17-35)43-33)44-29(38)18-10-4-1-5-11-18/h1-15,21-28,32-37,41H,16-17H2/t21-,22-,23+,24+,25+,26+,27-,28-,32-,33+/m1/s1. The zero-order valence-electron chi connectivity index (χ0n) is 24.8. The SMILES string of the molecule is O=C(O[C@@H]1[C@@H](O[C@@H]2O[C@H](CO)[C@H](O)[C@H](OC(=O)c3ccccc3)[C@H]2OC(=O)c2ccccc2)[C@@H](O)[C@@H](CO)O[C@H]1O)c1ccccc1. The first-order valence-electron chi connectivity index (χ1n) is 14.7. The lowest BCUT2D eigenvalue weighted by Crippen LogP contribution is -2.66. The van der Waals surface area contributed by atoms with E-state index in [2.05, 4.69) is 0 Å². The fourth-order valence-electron chi connectivity index (χ4n) is 5.20. The van der Waals surface area contributed by atoms with Crippen LogP contribution in [-0.4, -0.2) is 118 Å². The van der Waals surface area contributed by atoms with Gasteiger partial charge in [0.05, 0.1) is 29.9 Å². The number of hydrogen-bond donors (Lipinski definition) is 5. The van der Waals surface area contributed by atoms with E-state index in [0.29, 0.717) is 0 Å². The predicted octanol–water partition coefficient (Wildman–Crippen LogP) is 0.197. The van der Waals surface area contributed by atoms with E-state index in [1.807, 2.05) is 0 Å². The summed E-state index contributed by atoms with van der Waals surface area (Å²) < 4.78 is 33.9. The highest BCUT2D eigenvalue weighted by Gasteiger charge is 2.55. The molecule has 47 heavy (non-hydrogen) atoms. The molecular weight excluding hydrogens is 620 g/mol. The number of hydrogen-bond acceptors (Lipinski definition) is 14. The van der Waals surface area contributed by atoms with Crippen LogP contribution in [-0.2, 0) is 28.4 Å². The van der Waals surface area contributed by atoms with Gasteiger partial charge in [-0.25, -0.2) is 14.4 Å². The van der Waals surface area contributed by atoms with Crippen molar-refractivity contribution in [1.82, 2.24) is 0 Å². The van der Waals surface area contributed by atoms with Gasteiger partial charge in [-0.1, -0.05) is 54.6 Å². The molecule has 0 aromatic heterocycles. The van der Waals surface area contributed by atoms with Crippen LogP contribution in [0.4, 0.5) is 0 Å². The summed E-state index contributed by atoms with van der Waals surface area (Å²) in [4.78, 5) is 39.4. The van der Waals surface area contributed by atoms with Crippen molar-refractivity contribution in [3.8, 4) is 0 Å². The second kappa shape index (κ2) is 15.6. The zero-order chi connectivity index (χ0) is 33.5. The molecule has 2 aliphatic rings. The highest BCUT2D eigenvalue weighted by molar-refractivity contribution is 5.90. The van der Waals surface area contributed by atoms with Crippen molar-refractivity contribution < 1.29 is 68.3 Å². The lowest BCUT2D eigenvalue weighted by molar-refractivity contribution is -0.353. The van der Waals surface area contributed by atoms with Crippen LogP contribution in [0.2, 0.25) is 0 Å². The molecule has 0 saturated carbocycles. The quantitative estimate of drug-likeness (QED) is 0.146. The molecule has 0 bridgehead atoms. The number of benzene rings is 3. The molecule has 0 unspecified atom stereocenters. The molecule has 0 radical (unpaired) electrons. The molecule has 10 atom stereocenters. The summed E-state index contributed by atoms with van der Waals surface area (Å²) in [7, 11) is 0. The van der Waals surface area contributed by atoms with Gasteiger partial charge in [-0.05, 0) is 36.4 Å². The lowest BCUT2D eigenvalue weighted by atomic mass is 9.96. The Morgan fingerprint density at radius 3 is 1.36 bits per heavy atom. The summed E-state index contributed by atoms with van der Waals surface area (Å²) in [6.07, 6.45) is -17.1. The molecule has 5 rings (SSSR count). The fourth-order valence-corrected chi connectivity index (χ4v) is 5.20. The van der Waals surface area contributed by atoms with Crippen molar-refractivity contribution in [2.75, 3.05) is 13.2 Å². The summed E-state index contributed by atoms with van der Waals surface area (Å²) in [6, 6.07) is 23.2. The summed E-state index contributed by atoms with van der Waals surface area (Å²) >= 11 is 0. The molecule has 2 aliphatic heterocycles. The molecule has 2 saturated heterocycles. The van der Waals surface area contributed by atoms with E-state index in [9.17, 15) is 39.9 Å². The summed E-state index contributed by atoms with van der Waals surface area (Å²) in [5.74, 6) is -2.77. The molecule has 3 aromatic carbocycles. The summed E-state index contributed by atoms with van der Waals surface area (Å²) in [6.45, 7) is -1.60. The van der Waals surface area contributed by atoms with Gasteiger partial charge in [0, 0.05) is 0 Å². The van der Waals surface area contributed by atoms with E-state index in [-0.39, 0.29) is 16.7 Å². The van der Waals surface area contributed by atoms with Crippen molar-refractivity contribution in [1.29, 1.82) is 0 Å². The lowest BCUT2D eigenvalue weighted by Gasteiger charge is -2.47. The normalized spacial score (nSPS) is 30.6. The van der Waals surface area contributed by atoms with E-state index in [1.54, 1.807) is 54.6 Å². The summed E-state index contributed by atoms with van der Waals surface area (Å²) in [5, 5.41) is 53.0. The number of carbonyl (C=O) groups is 3. The molecule has 5 N–H and O–H groups in total. The Kier molecular flexibility index (Phi) is 11.3. The van der Waals surface area contributed by atoms with Gasteiger partial charge >= 0.3 is 17.9 Å². The van der Waals surface area contributed by atoms with E-state index in [1.165, 1.54) is 36.4 Å². The minimum Gasteiger partial charge on any atom is -0.452 e. The maximum absolute atomic E-state index is 13.3. The van der Waals surface area contributed by atoms with Crippen LogP contribution in [0.5, 0.6) is 0 Å². The van der Waals surface area contributed by atoms with Crippen molar-refractivity contribution >= 4 is 17.9 Å². The van der Waals surface area contributed by atoms with Crippen LogP contribution in [0, 0.1) is 0 Å². The Bertz CT molecular complexity index is 1470. The maximum atomic E-state index is 13.3. The second-order valence-corrected chi connectivity index (χ2v) is 10.8. The molecule has 2 fully saturated rings. The topological polar surface area (TPSA) is 208 Å². The molecular formula is C33H34O14. The number of esters is 3. The second-order valence-electron chi connectivity index (χ2n) is 10.8. The smallest absolute Gasteiger partial charge is 0.338 e. The number of ether oxygens (including phenoxy) is 6. The van der Waals surface area contributed by atoms with Gasteiger partial charge in [-0.3, -0.25) is 0 Å². The van der Waals surface area contributed by atoms with Crippen LogP contribution < -0.4 is 0 Å². The summed E-state index contributed by atoms with van der Waals surface area (Å²) in [5.41, 5.74) is 0.269. The van der Waals surface area contributed by atoms with E-state index in [0.717, 1.165) is 0 Å². The third kappa shape index (κ3) is 7.84. The number of carbonyl (C=O) groups excluding carboxylic acids is 3. The Morgan fingerprint density at radius 1 is 0.532 bits per heavy atom. The van der Waals surface area contributed by atoms with Crippen molar-refractivity contribution in [2.45, 2.75) is 61.4 Å². The van der Waals surface area contributed by atoms with E-state index < -0.39 is 92.5 Å².